The van der Waals surface area contributed by atoms with Crippen LogP contribution in [0.1, 0.15) is 37.3 Å². The molecule has 300 valence electrons. The summed E-state index contributed by atoms with van der Waals surface area (Å²) in [4.78, 5) is 45.5. The fourth-order valence-corrected chi connectivity index (χ4v) is 13.4. The highest BCUT2D eigenvalue weighted by atomic mass is 28.3. The Bertz CT molecular complexity index is 1930. The Labute approximate surface area is 326 Å². The highest BCUT2D eigenvalue weighted by molar-refractivity contribution is 6.91. The van der Waals surface area contributed by atoms with E-state index in [4.69, 9.17) is 14.2 Å². The Morgan fingerprint density at radius 3 is 2.34 bits per heavy atom. The molecule has 0 saturated carbocycles. The molecule has 4 heterocycles. The van der Waals surface area contributed by atoms with Gasteiger partial charge in [-0.25, -0.2) is 0 Å². The van der Waals surface area contributed by atoms with E-state index in [2.05, 4.69) is 37.5 Å². The van der Waals surface area contributed by atoms with E-state index in [1.165, 1.54) is 0 Å². The van der Waals surface area contributed by atoms with Crippen LogP contribution in [0.2, 0.25) is 18.6 Å². The minimum atomic E-state index is -2.50. The first-order valence-electron chi connectivity index (χ1n) is 19.1. The van der Waals surface area contributed by atoms with Gasteiger partial charge in [0.15, 0.2) is 18.0 Å². The summed E-state index contributed by atoms with van der Waals surface area (Å²) in [6.45, 7) is 7.26. The van der Waals surface area contributed by atoms with Gasteiger partial charge in [-0.1, -0.05) is 67.7 Å². The van der Waals surface area contributed by atoms with E-state index in [1.54, 1.807) is 41.2 Å². The van der Waals surface area contributed by atoms with Crippen molar-refractivity contribution in [3.05, 3.63) is 83.9 Å². The van der Waals surface area contributed by atoms with Crippen LogP contribution in [0.15, 0.2) is 72.8 Å². The Morgan fingerprint density at radius 2 is 1.66 bits per heavy atom. The molecule has 3 fully saturated rings. The standard InChI is InChI=1S/C41H51N3O11Si/c1-23-37(56(3,4)28-17-15-27(53-2)16-18-28)31(20-32(46)43-19-7-8-26(43)22-45)55-41(23)29-9-5-6-10-30(29)44(40(41)52)21-24-11-13-25(14-12-24)42-38(50)36-34(48)33(47)35(49)39(51)54-36/h5-6,9-18,23,26,31,33-37,39,45,47-49,51H,7-8,19-22H2,1-4H3,(H,42,50)/t23-,26+,31+,33+,34+,35-,36+,37-,39-,41+/m1/s1. The molecule has 7 rings (SSSR count). The highest BCUT2D eigenvalue weighted by Gasteiger charge is 2.66. The maximum absolute atomic E-state index is 15.1. The third kappa shape index (κ3) is 6.83. The Balaban J connectivity index is 1.16. The number of aliphatic hydroxyl groups excluding tert-OH is 5. The lowest BCUT2D eigenvalue weighted by Gasteiger charge is -2.37. The number of amides is 3. The van der Waals surface area contributed by atoms with Crippen LogP contribution < -0.4 is 20.1 Å². The summed E-state index contributed by atoms with van der Waals surface area (Å²) in [5, 5.41) is 53.7. The van der Waals surface area contributed by atoms with Crippen LogP contribution in [0, 0.1) is 5.92 Å². The molecule has 4 aliphatic heterocycles. The molecule has 0 radical (unpaired) electrons. The molecule has 15 heteroatoms. The zero-order chi connectivity index (χ0) is 40.1. The lowest BCUT2D eigenvalue weighted by atomic mass is 9.82. The predicted octanol–water partition coefficient (Wildman–Crippen LogP) is 1.57. The van der Waals surface area contributed by atoms with E-state index in [-0.39, 0.29) is 48.9 Å². The van der Waals surface area contributed by atoms with Gasteiger partial charge in [0.2, 0.25) is 5.91 Å². The number of ether oxygens (including phenoxy) is 3. The number of nitrogens with zero attached hydrogens (tertiary/aromatic N) is 2. The number of para-hydroxylation sites is 1. The van der Waals surface area contributed by atoms with Crippen LogP contribution in [0.3, 0.4) is 0 Å². The number of likely N-dealkylation sites (tertiary alicyclic amines) is 1. The Hall–Kier alpha value is -4.19. The van der Waals surface area contributed by atoms with Crippen molar-refractivity contribution in [1.29, 1.82) is 0 Å². The number of fused-ring (bicyclic) bond motifs is 2. The second kappa shape index (κ2) is 15.6. The van der Waals surface area contributed by atoms with Gasteiger partial charge in [-0.2, -0.15) is 0 Å². The van der Waals surface area contributed by atoms with E-state index in [9.17, 15) is 35.1 Å². The number of hydrogen-bond donors (Lipinski definition) is 6. The molecule has 0 bridgehead atoms. The summed E-state index contributed by atoms with van der Waals surface area (Å²) >= 11 is 0. The van der Waals surface area contributed by atoms with E-state index >= 15 is 4.79 Å². The van der Waals surface area contributed by atoms with E-state index in [0.29, 0.717) is 17.9 Å². The van der Waals surface area contributed by atoms with Crippen molar-refractivity contribution in [2.75, 3.05) is 30.5 Å². The van der Waals surface area contributed by atoms with Gasteiger partial charge in [0.25, 0.3) is 11.8 Å². The molecule has 1 spiro atoms. The van der Waals surface area contributed by atoms with Gasteiger partial charge in [0.05, 0.1) is 52.6 Å². The minimum Gasteiger partial charge on any atom is -0.497 e. The summed E-state index contributed by atoms with van der Waals surface area (Å²) in [7, 11) is -0.873. The second-order valence-corrected chi connectivity index (χ2v) is 20.6. The van der Waals surface area contributed by atoms with Gasteiger partial charge in [-0.15, -0.1) is 0 Å². The van der Waals surface area contributed by atoms with Crippen molar-refractivity contribution in [1.82, 2.24) is 4.90 Å². The van der Waals surface area contributed by atoms with Gasteiger partial charge in [0, 0.05) is 23.7 Å². The van der Waals surface area contributed by atoms with Crippen LogP contribution >= 0.6 is 0 Å². The predicted molar refractivity (Wildman–Crippen MR) is 208 cm³/mol. The maximum atomic E-state index is 15.1. The average Bonchev–Trinajstić information content (AvgIpc) is 3.86. The number of rotatable bonds is 10. The molecule has 0 unspecified atom stereocenters. The molecule has 3 aromatic carbocycles. The summed E-state index contributed by atoms with van der Waals surface area (Å²) in [5.74, 6) is -0.709. The first-order valence-corrected chi connectivity index (χ1v) is 22.2. The topological polar surface area (TPSA) is 199 Å². The molecule has 3 amide bonds. The molecule has 3 saturated heterocycles. The highest BCUT2D eigenvalue weighted by Crippen LogP contribution is 2.60. The molecule has 56 heavy (non-hydrogen) atoms. The lowest BCUT2D eigenvalue weighted by Crippen LogP contribution is -2.60. The number of nitrogens with one attached hydrogen (secondary N) is 1. The molecule has 0 aliphatic carbocycles. The number of anilines is 2. The van der Waals surface area contributed by atoms with Gasteiger partial charge < -0.3 is 54.9 Å². The fraction of sp³-hybridized carbons (Fsp3) is 0.488. The van der Waals surface area contributed by atoms with E-state index in [1.807, 2.05) is 36.4 Å². The van der Waals surface area contributed by atoms with Crippen molar-refractivity contribution < 1.29 is 54.1 Å². The summed E-state index contributed by atoms with van der Waals surface area (Å²) in [5.41, 5.74) is 1.03. The van der Waals surface area contributed by atoms with Crippen molar-refractivity contribution >= 4 is 42.4 Å². The second-order valence-electron chi connectivity index (χ2n) is 15.9. The number of benzene rings is 3. The van der Waals surface area contributed by atoms with E-state index in [0.717, 1.165) is 34.9 Å². The molecule has 14 nitrogen and oxygen atoms in total. The van der Waals surface area contributed by atoms with Gasteiger partial charge in [0.1, 0.15) is 24.1 Å². The molecular weight excluding hydrogens is 739 g/mol. The number of methoxy groups -OCH3 is 1. The quantitative estimate of drug-likeness (QED) is 0.163. The van der Waals surface area contributed by atoms with Gasteiger partial charge in [-0.3, -0.25) is 14.4 Å². The third-order valence-electron chi connectivity index (χ3n) is 12.4. The number of carbonyl (C=O) groups is 3. The lowest BCUT2D eigenvalue weighted by molar-refractivity contribution is -0.274. The fourth-order valence-electron chi connectivity index (χ4n) is 9.44. The smallest absolute Gasteiger partial charge is 0.264 e. The van der Waals surface area contributed by atoms with Crippen LogP contribution in [0.5, 0.6) is 5.75 Å². The van der Waals surface area contributed by atoms with Crippen molar-refractivity contribution in [3.63, 3.8) is 0 Å². The third-order valence-corrected chi connectivity index (χ3v) is 16.8. The zero-order valence-electron chi connectivity index (χ0n) is 31.9. The van der Waals surface area contributed by atoms with Gasteiger partial charge in [-0.05, 0) is 54.3 Å². The normalized spacial score (nSPS) is 31.5. The number of carbonyl (C=O) groups excluding carboxylic acids is 3. The van der Waals surface area contributed by atoms with E-state index < -0.39 is 56.4 Å². The van der Waals surface area contributed by atoms with Crippen LogP contribution in [0.4, 0.5) is 11.4 Å². The van der Waals surface area contributed by atoms with Crippen LogP contribution in [0.25, 0.3) is 0 Å². The number of aliphatic hydroxyl groups is 5. The summed E-state index contributed by atoms with van der Waals surface area (Å²) in [6.07, 6.45) is -7.70. The van der Waals surface area contributed by atoms with Crippen LogP contribution in [-0.2, 0) is 36.0 Å². The first kappa shape index (κ1) is 40.0. The van der Waals surface area contributed by atoms with Crippen molar-refractivity contribution in [2.45, 2.75) is 99.8 Å². The summed E-state index contributed by atoms with van der Waals surface area (Å²) < 4.78 is 17.6. The molecule has 3 aromatic rings. The average molecular weight is 790 g/mol. The maximum Gasteiger partial charge on any atom is 0.264 e. The number of hydrogen-bond acceptors (Lipinski definition) is 11. The van der Waals surface area contributed by atoms with Crippen molar-refractivity contribution in [2.24, 2.45) is 5.92 Å². The van der Waals surface area contributed by atoms with Crippen molar-refractivity contribution in [3.8, 4) is 5.75 Å². The molecular formula is C41H51N3O11Si. The Morgan fingerprint density at radius 1 is 0.964 bits per heavy atom. The minimum absolute atomic E-state index is 0.0856. The largest absolute Gasteiger partial charge is 0.497 e. The van der Waals surface area contributed by atoms with Crippen LogP contribution in [-0.4, -0.2) is 119 Å². The first-order chi connectivity index (χ1) is 26.7. The Kier molecular flexibility index (Phi) is 11.2. The zero-order valence-corrected chi connectivity index (χ0v) is 32.9. The molecule has 4 aliphatic rings. The molecule has 10 atom stereocenters. The SMILES string of the molecule is COc1ccc([Si](C)(C)[C@H]2[C@H](CC(=O)N3CCC[C@H]3CO)O[C@@]3(C(=O)N(Cc4ccc(NC(=O)[C@H]5O[C@@H](O)[C@H](O)[C@@H](O)[C@@H]5O)cc4)c4ccccc43)[C@@H]2C)cc1. The molecule has 6 N–H and O–H groups in total. The van der Waals surface area contributed by atoms with Gasteiger partial charge >= 0.3 is 0 Å². The molecule has 0 aromatic heterocycles. The summed E-state index contributed by atoms with van der Waals surface area (Å²) in [6, 6.07) is 22.2. The monoisotopic (exact) mass is 789 g/mol.